The lowest BCUT2D eigenvalue weighted by molar-refractivity contribution is 0.203. The van der Waals surface area contributed by atoms with E-state index in [9.17, 15) is 0 Å². The third-order valence-corrected chi connectivity index (χ3v) is 3.30. The number of nitrogens with two attached hydrogens (primary N) is 1. The molecule has 0 unspecified atom stereocenters. The molecule has 1 aromatic carbocycles. The average molecular weight is 231 g/mol. The van der Waals surface area contributed by atoms with Crippen molar-refractivity contribution in [1.29, 1.82) is 0 Å². The van der Waals surface area contributed by atoms with Crippen LogP contribution in [0.15, 0.2) is 22.6 Å². The standard InChI is InChI=1S/C13H17N3O/c14-10-5-4-6-11-13(10)15-12(17-11)9-16-7-2-1-3-8-16/h4-6H,1-3,7-9,14H2. The Bertz CT molecular complexity index is 514. The number of nitrogens with zero attached hydrogens (tertiary/aromatic N) is 2. The highest BCUT2D eigenvalue weighted by atomic mass is 16.3. The second kappa shape index (κ2) is 4.37. The number of nitrogen functional groups attached to an aromatic ring is 1. The number of anilines is 1. The Morgan fingerprint density at radius 1 is 1.24 bits per heavy atom. The number of likely N-dealkylation sites (tertiary alicyclic amines) is 1. The minimum atomic E-state index is 0.691. The zero-order chi connectivity index (χ0) is 11.7. The van der Waals surface area contributed by atoms with E-state index in [0.29, 0.717) is 5.69 Å². The van der Waals surface area contributed by atoms with Gasteiger partial charge in [-0.2, -0.15) is 0 Å². The van der Waals surface area contributed by atoms with Crippen molar-refractivity contribution in [2.45, 2.75) is 25.8 Å². The Morgan fingerprint density at radius 2 is 2.06 bits per heavy atom. The molecule has 1 aromatic heterocycles. The van der Waals surface area contributed by atoms with Gasteiger partial charge in [-0.3, -0.25) is 4.90 Å². The number of oxazole rings is 1. The van der Waals surface area contributed by atoms with Crippen LogP contribution in [-0.2, 0) is 6.54 Å². The van der Waals surface area contributed by atoms with Crippen LogP contribution in [0.5, 0.6) is 0 Å². The molecule has 4 nitrogen and oxygen atoms in total. The fraction of sp³-hybridized carbons (Fsp3) is 0.462. The van der Waals surface area contributed by atoms with Gasteiger partial charge >= 0.3 is 0 Å². The van der Waals surface area contributed by atoms with E-state index in [1.54, 1.807) is 0 Å². The highest BCUT2D eigenvalue weighted by Crippen LogP contribution is 2.22. The van der Waals surface area contributed by atoms with E-state index in [1.807, 2.05) is 18.2 Å². The van der Waals surface area contributed by atoms with E-state index in [2.05, 4.69) is 9.88 Å². The van der Waals surface area contributed by atoms with Crippen LogP contribution >= 0.6 is 0 Å². The number of rotatable bonds is 2. The van der Waals surface area contributed by atoms with E-state index < -0.39 is 0 Å². The van der Waals surface area contributed by atoms with Gasteiger partial charge in [-0.05, 0) is 38.1 Å². The molecular weight excluding hydrogens is 214 g/mol. The maximum atomic E-state index is 5.87. The van der Waals surface area contributed by atoms with Gasteiger partial charge < -0.3 is 10.2 Å². The van der Waals surface area contributed by atoms with Crippen LogP contribution in [0.3, 0.4) is 0 Å². The molecule has 1 aliphatic heterocycles. The molecule has 0 bridgehead atoms. The number of fused-ring (bicyclic) bond motifs is 1. The van der Waals surface area contributed by atoms with Crippen molar-refractivity contribution in [3.05, 3.63) is 24.1 Å². The van der Waals surface area contributed by atoms with Gasteiger partial charge in [0, 0.05) is 0 Å². The molecule has 1 saturated heterocycles. The van der Waals surface area contributed by atoms with Gasteiger partial charge in [-0.15, -0.1) is 0 Å². The highest BCUT2D eigenvalue weighted by Gasteiger charge is 2.14. The molecule has 1 fully saturated rings. The summed E-state index contributed by atoms with van der Waals surface area (Å²) >= 11 is 0. The lowest BCUT2D eigenvalue weighted by Crippen LogP contribution is -2.29. The topological polar surface area (TPSA) is 55.3 Å². The van der Waals surface area contributed by atoms with Crippen LogP contribution in [0.1, 0.15) is 25.2 Å². The van der Waals surface area contributed by atoms with Gasteiger partial charge in [0.15, 0.2) is 5.58 Å². The van der Waals surface area contributed by atoms with Gasteiger partial charge in [0.25, 0.3) is 0 Å². The van der Waals surface area contributed by atoms with Crippen molar-refractivity contribution >= 4 is 16.8 Å². The number of hydrogen-bond donors (Lipinski definition) is 1. The summed E-state index contributed by atoms with van der Waals surface area (Å²) < 4.78 is 5.72. The molecule has 0 aliphatic carbocycles. The van der Waals surface area contributed by atoms with Crippen LogP contribution < -0.4 is 5.73 Å². The second-order valence-corrected chi connectivity index (χ2v) is 4.64. The number of piperidine rings is 1. The molecule has 0 saturated carbocycles. The minimum absolute atomic E-state index is 0.691. The normalized spacial score (nSPS) is 17.6. The molecule has 0 amide bonds. The van der Waals surface area contributed by atoms with E-state index in [4.69, 9.17) is 10.2 Å². The Morgan fingerprint density at radius 3 is 2.82 bits per heavy atom. The fourth-order valence-electron chi connectivity index (χ4n) is 2.39. The van der Waals surface area contributed by atoms with Crippen molar-refractivity contribution in [1.82, 2.24) is 9.88 Å². The first-order chi connectivity index (χ1) is 8.33. The zero-order valence-electron chi connectivity index (χ0n) is 9.85. The first-order valence-electron chi connectivity index (χ1n) is 6.19. The van der Waals surface area contributed by atoms with Crippen LogP contribution in [-0.4, -0.2) is 23.0 Å². The lowest BCUT2D eigenvalue weighted by atomic mass is 10.1. The van der Waals surface area contributed by atoms with Crippen molar-refractivity contribution in [3.63, 3.8) is 0 Å². The molecule has 17 heavy (non-hydrogen) atoms. The first kappa shape index (κ1) is 10.6. The molecule has 4 heteroatoms. The van der Waals surface area contributed by atoms with Crippen molar-refractivity contribution < 1.29 is 4.42 Å². The summed E-state index contributed by atoms with van der Waals surface area (Å²) in [6.07, 6.45) is 3.90. The fourth-order valence-corrected chi connectivity index (χ4v) is 2.39. The molecule has 2 heterocycles. The smallest absolute Gasteiger partial charge is 0.209 e. The van der Waals surface area contributed by atoms with E-state index in [-0.39, 0.29) is 0 Å². The van der Waals surface area contributed by atoms with Crippen LogP contribution in [0, 0.1) is 0 Å². The SMILES string of the molecule is Nc1cccc2oc(CN3CCCCC3)nc12. The number of hydrogen-bond acceptors (Lipinski definition) is 4. The average Bonchev–Trinajstić information content (AvgIpc) is 2.74. The van der Waals surface area contributed by atoms with Crippen molar-refractivity contribution in [2.24, 2.45) is 0 Å². The largest absolute Gasteiger partial charge is 0.439 e. The Labute approximate surface area is 100 Å². The zero-order valence-corrected chi connectivity index (χ0v) is 9.85. The Balaban J connectivity index is 1.83. The summed E-state index contributed by atoms with van der Waals surface area (Å²) in [5.41, 5.74) is 8.14. The summed E-state index contributed by atoms with van der Waals surface area (Å²) in [5, 5.41) is 0. The van der Waals surface area contributed by atoms with E-state index in [1.165, 1.54) is 19.3 Å². The predicted molar refractivity (Wildman–Crippen MR) is 67.5 cm³/mol. The molecule has 3 rings (SSSR count). The number of benzene rings is 1. The summed E-state index contributed by atoms with van der Waals surface area (Å²) in [7, 11) is 0. The molecule has 2 aromatic rings. The van der Waals surface area contributed by atoms with Gasteiger partial charge in [0.2, 0.25) is 5.89 Å². The van der Waals surface area contributed by atoms with E-state index >= 15 is 0 Å². The highest BCUT2D eigenvalue weighted by molar-refractivity contribution is 5.85. The van der Waals surface area contributed by atoms with E-state index in [0.717, 1.165) is 36.6 Å². The van der Waals surface area contributed by atoms with Crippen LogP contribution in [0.4, 0.5) is 5.69 Å². The summed E-state index contributed by atoms with van der Waals surface area (Å²) in [6, 6.07) is 5.67. The van der Waals surface area contributed by atoms with Gasteiger partial charge in [-0.25, -0.2) is 4.98 Å². The summed E-state index contributed by atoms with van der Waals surface area (Å²) in [6.45, 7) is 3.09. The predicted octanol–water partition coefficient (Wildman–Crippen LogP) is 2.40. The van der Waals surface area contributed by atoms with Crippen molar-refractivity contribution in [2.75, 3.05) is 18.8 Å². The molecular formula is C13H17N3O. The quantitative estimate of drug-likeness (QED) is 0.806. The van der Waals surface area contributed by atoms with Crippen molar-refractivity contribution in [3.8, 4) is 0 Å². The first-order valence-corrected chi connectivity index (χ1v) is 6.19. The molecule has 0 spiro atoms. The van der Waals surface area contributed by atoms with Crippen LogP contribution in [0.2, 0.25) is 0 Å². The third kappa shape index (κ3) is 2.13. The molecule has 90 valence electrons. The maximum Gasteiger partial charge on any atom is 0.209 e. The third-order valence-electron chi connectivity index (χ3n) is 3.30. The van der Waals surface area contributed by atoms with Crippen LogP contribution in [0.25, 0.3) is 11.1 Å². The Hall–Kier alpha value is -1.55. The number of aromatic nitrogens is 1. The Kier molecular flexibility index (Phi) is 2.73. The minimum Gasteiger partial charge on any atom is -0.439 e. The lowest BCUT2D eigenvalue weighted by Gasteiger charge is -2.24. The second-order valence-electron chi connectivity index (χ2n) is 4.64. The summed E-state index contributed by atoms with van der Waals surface area (Å²) in [5.74, 6) is 0.778. The number of para-hydroxylation sites is 1. The van der Waals surface area contributed by atoms with Gasteiger partial charge in [0.05, 0.1) is 12.2 Å². The maximum absolute atomic E-state index is 5.87. The van der Waals surface area contributed by atoms with Gasteiger partial charge in [-0.1, -0.05) is 12.5 Å². The molecule has 2 N–H and O–H groups in total. The van der Waals surface area contributed by atoms with Gasteiger partial charge in [0.1, 0.15) is 5.52 Å². The molecule has 1 aliphatic rings. The summed E-state index contributed by atoms with van der Waals surface area (Å²) in [4.78, 5) is 6.87. The monoisotopic (exact) mass is 231 g/mol. The molecule has 0 radical (unpaired) electrons. The molecule has 0 atom stereocenters.